The third-order valence-corrected chi connectivity index (χ3v) is 4.10. The van der Waals surface area contributed by atoms with Crippen molar-refractivity contribution in [2.45, 2.75) is 57.4 Å². The lowest BCUT2D eigenvalue weighted by atomic mass is 9.93. The summed E-state index contributed by atoms with van der Waals surface area (Å²) < 4.78 is 0. The quantitative estimate of drug-likeness (QED) is 0.738. The van der Waals surface area contributed by atoms with Crippen LogP contribution in [0.2, 0.25) is 0 Å². The van der Waals surface area contributed by atoms with Gasteiger partial charge in [-0.15, -0.1) is 0 Å². The topological polar surface area (TPSA) is 26.0 Å². The molecular weight excluding hydrogens is 206 g/mol. The van der Waals surface area contributed by atoms with Gasteiger partial charge in [0.2, 0.25) is 0 Å². The molecule has 0 saturated heterocycles. The van der Waals surface area contributed by atoms with E-state index in [1.807, 2.05) is 0 Å². The smallest absolute Gasteiger partial charge is 0.00671 e. The molecule has 0 spiro atoms. The van der Waals surface area contributed by atoms with Crippen molar-refractivity contribution < 1.29 is 0 Å². The molecule has 1 aliphatic rings. The van der Waals surface area contributed by atoms with E-state index in [2.05, 4.69) is 30.3 Å². The second-order valence-electron chi connectivity index (χ2n) is 5.44. The van der Waals surface area contributed by atoms with E-state index >= 15 is 0 Å². The van der Waals surface area contributed by atoms with Gasteiger partial charge in [0.25, 0.3) is 0 Å². The van der Waals surface area contributed by atoms with Crippen molar-refractivity contribution in [3.8, 4) is 0 Å². The zero-order valence-electron chi connectivity index (χ0n) is 10.8. The Balaban J connectivity index is 1.59. The fourth-order valence-electron chi connectivity index (χ4n) is 2.98. The summed E-state index contributed by atoms with van der Waals surface area (Å²) in [6.07, 6.45) is 10.6. The molecule has 1 unspecified atom stereocenters. The predicted molar refractivity (Wildman–Crippen MR) is 73.9 cm³/mol. The van der Waals surface area contributed by atoms with Crippen LogP contribution in [0.1, 0.15) is 50.5 Å². The zero-order valence-corrected chi connectivity index (χ0v) is 10.8. The molecule has 0 amide bonds. The Labute approximate surface area is 105 Å². The summed E-state index contributed by atoms with van der Waals surface area (Å²) in [6.45, 7) is 0. The molecule has 1 nitrogen and oxygen atoms in total. The third-order valence-electron chi connectivity index (χ3n) is 4.10. The largest absolute Gasteiger partial charge is 0.327 e. The summed E-state index contributed by atoms with van der Waals surface area (Å²) in [7, 11) is 0. The second kappa shape index (κ2) is 6.80. The summed E-state index contributed by atoms with van der Waals surface area (Å²) in [5.74, 6) is 0.826. The van der Waals surface area contributed by atoms with Gasteiger partial charge >= 0.3 is 0 Å². The Morgan fingerprint density at radius 2 is 1.76 bits per heavy atom. The van der Waals surface area contributed by atoms with Crippen molar-refractivity contribution in [1.29, 1.82) is 0 Å². The van der Waals surface area contributed by atoms with Crippen LogP contribution in [0.15, 0.2) is 30.3 Å². The molecule has 1 atom stereocenters. The highest BCUT2D eigenvalue weighted by molar-refractivity contribution is 5.14. The molecule has 1 aliphatic carbocycles. The Morgan fingerprint density at radius 3 is 2.47 bits per heavy atom. The van der Waals surface area contributed by atoms with Gasteiger partial charge in [0.15, 0.2) is 0 Å². The van der Waals surface area contributed by atoms with Crippen molar-refractivity contribution in [1.82, 2.24) is 0 Å². The molecule has 94 valence electrons. The maximum Gasteiger partial charge on any atom is 0.00671 e. The highest BCUT2D eigenvalue weighted by Crippen LogP contribution is 2.28. The molecule has 1 heteroatoms. The highest BCUT2D eigenvalue weighted by Gasteiger charge is 2.21. The van der Waals surface area contributed by atoms with E-state index in [0.717, 1.165) is 5.92 Å². The normalized spacial score (nSPS) is 18.4. The van der Waals surface area contributed by atoms with E-state index in [9.17, 15) is 0 Å². The average Bonchev–Trinajstić information content (AvgIpc) is 2.89. The van der Waals surface area contributed by atoms with E-state index in [1.165, 1.54) is 56.9 Å². The molecule has 1 fully saturated rings. The van der Waals surface area contributed by atoms with Crippen LogP contribution in [0, 0.1) is 5.92 Å². The number of rotatable bonds is 6. The molecule has 1 aromatic carbocycles. The molecule has 0 bridgehead atoms. The van der Waals surface area contributed by atoms with Gasteiger partial charge in [-0.2, -0.15) is 0 Å². The lowest BCUT2D eigenvalue weighted by Gasteiger charge is -2.18. The maximum atomic E-state index is 6.26. The summed E-state index contributed by atoms with van der Waals surface area (Å²) in [4.78, 5) is 0. The van der Waals surface area contributed by atoms with E-state index in [1.54, 1.807) is 0 Å². The van der Waals surface area contributed by atoms with Crippen molar-refractivity contribution in [2.24, 2.45) is 11.7 Å². The first-order valence-electron chi connectivity index (χ1n) is 7.16. The molecule has 0 heterocycles. The Kier molecular flexibility index (Phi) is 5.06. The molecule has 17 heavy (non-hydrogen) atoms. The van der Waals surface area contributed by atoms with Crippen molar-refractivity contribution in [2.75, 3.05) is 0 Å². The lowest BCUT2D eigenvalue weighted by Crippen LogP contribution is -2.28. The van der Waals surface area contributed by atoms with Gasteiger partial charge in [-0.25, -0.2) is 0 Å². The molecule has 0 aliphatic heterocycles. The molecule has 2 N–H and O–H groups in total. The number of unbranched alkanes of at least 4 members (excludes halogenated alkanes) is 1. The zero-order chi connectivity index (χ0) is 11.9. The highest BCUT2D eigenvalue weighted by atomic mass is 14.6. The lowest BCUT2D eigenvalue weighted by molar-refractivity contribution is 0.398. The number of aryl methyl sites for hydroxylation is 1. The van der Waals surface area contributed by atoms with Gasteiger partial charge in [-0.1, -0.05) is 49.6 Å². The summed E-state index contributed by atoms with van der Waals surface area (Å²) in [6, 6.07) is 11.2. The standard InChI is InChI=1S/C16H25N/c17-16(15-11-5-6-12-15)13-7-4-10-14-8-2-1-3-9-14/h1-3,8-9,15-16H,4-7,10-13,17H2. The van der Waals surface area contributed by atoms with Crippen molar-refractivity contribution in [3.05, 3.63) is 35.9 Å². The van der Waals surface area contributed by atoms with Crippen LogP contribution in [0.5, 0.6) is 0 Å². The van der Waals surface area contributed by atoms with Gasteiger partial charge < -0.3 is 5.73 Å². The molecule has 2 rings (SSSR count). The molecule has 1 saturated carbocycles. The second-order valence-corrected chi connectivity index (χ2v) is 5.44. The third kappa shape index (κ3) is 4.16. The molecule has 0 radical (unpaired) electrons. The fourth-order valence-corrected chi connectivity index (χ4v) is 2.98. The van der Waals surface area contributed by atoms with Crippen molar-refractivity contribution in [3.63, 3.8) is 0 Å². The van der Waals surface area contributed by atoms with Gasteiger partial charge in [-0.3, -0.25) is 0 Å². The monoisotopic (exact) mass is 231 g/mol. The number of hydrogen-bond acceptors (Lipinski definition) is 1. The van der Waals surface area contributed by atoms with Crippen LogP contribution in [0.4, 0.5) is 0 Å². The minimum absolute atomic E-state index is 0.466. The van der Waals surface area contributed by atoms with E-state index in [0.29, 0.717) is 6.04 Å². The number of hydrogen-bond donors (Lipinski definition) is 1. The maximum absolute atomic E-state index is 6.26. The summed E-state index contributed by atoms with van der Waals surface area (Å²) >= 11 is 0. The van der Waals surface area contributed by atoms with Gasteiger partial charge in [0, 0.05) is 6.04 Å². The van der Waals surface area contributed by atoms with Gasteiger partial charge in [0.05, 0.1) is 0 Å². The average molecular weight is 231 g/mol. The number of benzene rings is 1. The van der Waals surface area contributed by atoms with Gasteiger partial charge in [0.1, 0.15) is 0 Å². The predicted octanol–water partition coefficient (Wildman–Crippen LogP) is 3.92. The van der Waals surface area contributed by atoms with Crippen LogP contribution in [-0.4, -0.2) is 6.04 Å². The first kappa shape index (κ1) is 12.6. The SMILES string of the molecule is NC(CCCCc1ccccc1)C1CCCC1. The van der Waals surface area contributed by atoms with E-state index in [4.69, 9.17) is 5.73 Å². The van der Waals surface area contributed by atoms with Gasteiger partial charge in [-0.05, 0) is 43.6 Å². The molecule has 1 aromatic rings. The fraction of sp³-hybridized carbons (Fsp3) is 0.625. The van der Waals surface area contributed by atoms with E-state index in [-0.39, 0.29) is 0 Å². The van der Waals surface area contributed by atoms with Crippen LogP contribution < -0.4 is 5.73 Å². The minimum atomic E-state index is 0.466. The Morgan fingerprint density at radius 1 is 1.06 bits per heavy atom. The minimum Gasteiger partial charge on any atom is -0.327 e. The number of nitrogens with two attached hydrogens (primary N) is 1. The molecule has 0 aromatic heterocycles. The van der Waals surface area contributed by atoms with Crippen LogP contribution >= 0.6 is 0 Å². The van der Waals surface area contributed by atoms with E-state index < -0.39 is 0 Å². The van der Waals surface area contributed by atoms with Crippen LogP contribution in [0.25, 0.3) is 0 Å². The molecular formula is C16H25N. The van der Waals surface area contributed by atoms with Crippen LogP contribution in [0.3, 0.4) is 0 Å². The summed E-state index contributed by atoms with van der Waals surface area (Å²) in [5, 5.41) is 0. The Bertz CT molecular complexity index is 301. The van der Waals surface area contributed by atoms with Crippen LogP contribution in [-0.2, 0) is 6.42 Å². The summed E-state index contributed by atoms with van der Waals surface area (Å²) in [5.41, 5.74) is 7.72. The Hall–Kier alpha value is -0.820. The first-order valence-corrected chi connectivity index (χ1v) is 7.16. The first-order chi connectivity index (χ1) is 8.36. The van der Waals surface area contributed by atoms with Crippen molar-refractivity contribution >= 4 is 0 Å².